The predicted molar refractivity (Wildman–Crippen MR) is 211 cm³/mol. The Labute approximate surface area is 335 Å². The summed E-state index contributed by atoms with van der Waals surface area (Å²) in [4.78, 5) is 56.4. The zero-order valence-corrected chi connectivity index (χ0v) is 32.4. The van der Waals surface area contributed by atoms with Gasteiger partial charge in [0.05, 0.1) is 26.4 Å². The normalized spacial score (nSPS) is 23.4. The van der Waals surface area contributed by atoms with Crippen molar-refractivity contribution in [3.05, 3.63) is 116 Å². The van der Waals surface area contributed by atoms with Gasteiger partial charge in [-0.25, -0.2) is 0 Å². The summed E-state index contributed by atoms with van der Waals surface area (Å²) < 4.78 is 39.8. The molecule has 14 heteroatoms. The highest BCUT2D eigenvalue weighted by Crippen LogP contribution is 2.38. The molecular formula is C44H48N4O10. The van der Waals surface area contributed by atoms with Crippen molar-refractivity contribution in [2.24, 2.45) is 11.8 Å². The number of pyridine rings is 2. The van der Waals surface area contributed by atoms with Crippen molar-refractivity contribution in [2.45, 2.75) is 37.8 Å². The molecule has 2 aromatic heterocycles. The van der Waals surface area contributed by atoms with Gasteiger partial charge in [0.25, 0.3) is 22.9 Å². The number of likely N-dealkylation sites (tertiary alicyclic amines) is 2. The highest BCUT2D eigenvalue weighted by Gasteiger charge is 2.38. The Kier molecular flexibility index (Phi) is 10.9. The summed E-state index contributed by atoms with van der Waals surface area (Å²) in [6.07, 6.45) is 1.93. The molecule has 4 aromatic rings. The maximum absolute atomic E-state index is 13.8. The minimum atomic E-state index is -0.0835. The lowest BCUT2D eigenvalue weighted by Crippen LogP contribution is -2.49. The van der Waals surface area contributed by atoms with Crippen LogP contribution in [-0.4, -0.2) is 110 Å². The van der Waals surface area contributed by atoms with E-state index in [2.05, 4.69) is 0 Å². The van der Waals surface area contributed by atoms with Crippen molar-refractivity contribution in [2.75, 3.05) is 79.0 Å². The van der Waals surface area contributed by atoms with Crippen LogP contribution in [0.3, 0.4) is 0 Å². The molecule has 0 N–H and O–H groups in total. The van der Waals surface area contributed by atoms with Crippen molar-refractivity contribution in [1.82, 2.24) is 18.9 Å². The molecule has 5 aliphatic rings. The molecule has 4 atom stereocenters. The van der Waals surface area contributed by atoms with Gasteiger partial charge >= 0.3 is 0 Å². The number of rotatable bonds is 2. The van der Waals surface area contributed by atoms with Gasteiger partial charge in [0.15, 0.2) is 23.0 Å². The van der Waals surface area contributed by atoms with E-state index in [0.717, 1.165) is 24.2 Å². The summed E-state index contributed by atoms with van der Waals surface area (Å²) in [5.74, 6) is 2.37. The highest BCUT2D eigenvalue weighted by molar-refractivity contribution is 5.95. The monoisotopic (exact) mass is 792 g/mol. The smallest absolute Gasteiger partial charge is 0.254 e. The van der Waals surface area contributed by atoms with Crippen LogP contribution < -0.4 is 30.1 Å². The molecule has 2 amide bonds. The number of fused-ring (bicyclic) bond motifs is 10. The summed E-state index contributed by atoms with van der Waals surface area (Å²) in [6, 6.07) is 21.3. The van der Waals surface area contributed by atoms with Crippen LogP contribution in [-0.2, 0) is 22.6 Å². The molecule has 58 heavy (non-hydrogen) atoms. The number of hydrogen-bond acceptors (Lipinski definition) is 10. The van der Waals surface area contributed by atoms with E-state index in [4.69, 9.17) is 28.4 Å². The first-order chi connectivity index (χ1) is 28.4. The summed E-state index contributed by atoms with van der Waals surface area (Å²) in [6.45, 7) is 5.53. The molecule has 0 aliphatic carbocycles. The van der Waals surface area contributed by atoms with Crippen LogP contribution in [0.25, 0.3) is 0 Å². The number of nitrogens with zero attached hydrogens (tertiary/aromatic N) is 4. The van der Waals surface area contributed by atoms with Gasteiger partial charge in [-0.1, -0.05) is 12.1 Å². The molecule has 2 aromatic carbocycles. The van der Waals surface area contributed by atoms with Crippen LogP contribution in [0.2, 0.25) is 0 Å². The second kappa shape index (κ2) is 16.7. The first kappa shape index (κ1) is 37.9. The fourth-order valence-electron chi connectivity index (χ4n) is 9.28. The zero-order chi connectivity index (χ0) is 39.6. The molecule has 0 saturated carbocycles. The molecule has 9 rings (SSSR count). The van der Waals surface area contributed by atoms with Crippen LogP contribution in [0.1, 0.15) is 56.8 Å². The fourth-order valence-corrected chi connectivity index (χ4v) is 9.28. The summed E-state index contributed by atoms with van der Waals surface area (Å²) in [5, 5.41) is 0. The highest BCUT2D eigenvalue weighted by atomic mass is 16.6. The minimum absolute atomic E-state index is 0.0148. The molecule has 2 saturated heterocycles. The number of carbonyl (C=O) groups is 2. The minimum Gasteiger partial charge on any atom is -0.487 e. The van der Waals surface area contributed by atoms with Gasteiger partial charge in [0.2, 0.25) is 0 Å². The maximum atomic E-state index is 13.8. The fraction of sp³-hybridized carbons (Fsp3) is 0.455. The Morgan fingerprint density at radius 2 is 0.879 bits per heavy atom. The van der Waals surface area contributed by atoms with E-state index >= 15 is 0 Å². The Morgan fingerprint density at radius 1 is 0.466 bits per heavy atom. The van der Waals surface area contributed by atoms with Crippen molar-refractivity contribution in [3.8, 4) is 23.0 Å². The van der Waals surface area contributed by atoms with Crippen molar-refractivity contribution < 1.29 is 38.0 Å². The first-order valence-corrected chi connectivity index (χ1v) is 20.3. The van der Waals surface area contributed by atoms with Crippen LogP contribution in [0.5, 0.6) is 23.0 Å². The molecule has 2 fully saturated rings. The Morgan fingerprint density at radius 3 is 1.31 bits per heavy atom. The summed E-state index contributed by atoms with van der Waals surface area (Å²) >= 11 is 0. The van der Waals surface area contributed by atoms with Crippen molar-refractivity contribution in [3.63, 3.8) is 0 Å². The Bertz CT molecular complexity index is 2130. The topological polar surface area (TPSA) is 140 Å². The quantitative estimate of drug-likeness (QED) is 0.295. The van der Waals surface area contributed by atoms with E-state index in [0.29, 0.717) is 73.4 Å². The van der Waals surface area contributed by atoms with E-state index in [-0.39, 0.29) is 99.5 Å². The van der Waals surface area contributed by atoms with Crippen LogP contribution in [0, 0.1) is 11.8 Å². The molecule has 0 radical (unpaired) electrons. The molecule has 4 unspecified atom stereocenters. The number of hydrogen-bond donors (Lipinski definition) is 0. The predicted octanol–water partition coefficient (Wildman–Crippen LogP) is 3.79. The van der Waals surface area contributed by atoms with Gasteiger partial charge < -0.3 is 47.4 Å². The molecule has 304 valence electrons. The van der Waals surface area contributed by atoms with E-state index < -0.39 is 0 Å². The second-order valence-electron chi connectivity index (χ2n) is 15.8. The third-order valence-corrected chi connectivity index (χ3v) is 11.9. The SMILES string of the molecule is O=C(c1ccc2c(c1)OCCOCCOc1ccc(C(=O)N3CC4CC(C3)c3cccc(=O)n3C4)cc1OCCOCCO2)N1CC2CC(C1)c1cccc(=O)n1C2. The van der Waals surface area contributed by atoms with Gasteiger partial charge in [-0.3, -0.25) is 19.2 Å². The maximum Gasteiger partial charge on any atom is 0.254 e. The van der Waals surface area contributed by atoms with Crippen molar-refractivity contribution in [1.29, 1.82) is 0 Å². The number of carbonyl (C=O) groups excluding carboxylic acids is 2. The molecule has 4 bridgehead atoms. The average molecular weight is 793 g/mol. The number of aromatic nitrogens is 2. The third kappa shape index (κ3) is 7.95. The third-order valence-electron chi connectivity index (χ3n) is 11.9. The van der Waals surface area contributed by atoms with E-state index in [1.807, 2.05) is 31.1 Å². The molecule has 5 aliphatic heterocycles. The van der Waals surface area contributed by atoms with E-state index in [9.17, 15) is 19.2 Å². The van der Waals surface area contributed by atoms with Gasteiger partial charge in [-0.15, -0.1) is 0 Å². The molecule has 0 spiro atoms. The Balaban J connectivity index is 0.820. The van der Waals surface area contributed by atoms with E-state index in [1.54, 1.807) is 60.7 Å². The number of benzene rings is 2. The molecule has 7 heterocycles. The second-order valence-corrected chi connectivity index (χ2v) is 15.8. The first-order valence-electron chi connectivity index (χ1n) is 20.3. The average Bonchev–Trinajstić information content (AvgIpc) is 3.23. The number of ether oxygens (including phenoxy) is 6. The standard InChI is InChI=1S/C44H48N4O10/c49-41-5-1-3-35-33-19-29(25-47(35)41)23-45(27-33)43(51)31-7-9-37-39(21-31)57-17-13-53-12-16-56-38-10-8-32(22-40(38)58-18-14-54-11-15-55-37)44(52)46-24-30-20-34(28-46)36-4-2-6-42(50)48(36)26-30/h1-10,21-22,29-30,33-34H,11-20,23-28H2. The lowest BCUT2D eigenvalue weighted by atomic mass is 9.83. The van der Waals surface area contributed by atoms with Gasteiger partial charge in [0, 0.05) is 85.8 Å². The van der Waals surface area contributed by atoms with Gasteiger partial charge in [0.1, 0.15) is 26.4 Å². The van der Waals surface area contributed by atoms with Crippen LogP contribution in [0.15, 0.2) is 82.4 Å². The molecular weight excluding hydrogens is 745 g/mol. The lowest BCUT2D eigenvalue weighted by Gasteiger charge is -2.42. The largest absolute Gasteiger partial charge is 0.487 e. The number of piperidine rings is 2. The Hall–Kier alpha value is -5.60. The van der Waals surface area contributed by atoms with E-state index in [1.165, 1.54) is 0 Å². The summed E-state index contributed by atoms with van der Waals surface area (Å²) in [5.41, 5.74) is 3.02. The van der Waals surface area contributed by atoms with Gasteiger partial charge in [-0.05, 0) is 73.2 Å². The van der Waals surface area contributed by atoms with Crippen LogP contribution >= 0.6 is 0 Å². The van der Waals surface area contributed by atoms with Crippen LogP contribution in [0.4, 0.5) is 0 Å². The summed E-state index contributed by atoms with van der Waals surface area (Å²) in [7, 11) is 0. The lowest BCUT2D eigenvalue weighted by molar-refractivity contribution is 0.0582. The molecule has 14 nitrogen and oxygen atoms in total. The van der Waals surface area contributed by atoms with Gasteiger partial charge in [-0.2, -0.15) is 0 Å². The van der Waals surface area contributed by atoms with Crippen molar-refractivity contribution >= 4 is 11.8 Å². The zero-order valence-electron chi connectivity index (χ0n) is 32.4. The number of amides is 2.